The van der Waals surface area contributed by atoms with Crippen molar-refractivity contribution in [3.05, 3.63) is 33.8 Å². The molecular formula is C18H26BrNO2. The third kappa shape index (κ3) is 5.31. The van der Waals surface area contributed by atoms with Crippen molar-refractivity contribution in [2.45, 2.75) is 59.1 Å². The normalized spacial score (nSPS) is 14.8. The quantitative estimate of drug-likeness (QED) is 0.719. The monoisotopic (exact) mass is 367 g/mol. The van der Waals surface area contributed by atoms with Crippen molar-refractivity contribution in [2.75, 3.05) is 6.54 Å². The molecule has 1 fully saturated rings. The van der Waals surface area contributed by atoms with Crippen LogP contribution in [-0.4, -0.2) is 23.1 Å². The van der Waals surface area contributed by atoms with Crippen LogP contribution in [0.4, 0.5) is 4.79 Å². The Hall–Kier alpha value is -1.03. The molecule has 0 saturated heterocycles. The molecule has 0 atom stereocenters. The fraction of sp³-hybridized carbons (Fsp3) is 0.611. The first kappa shape index (κ1) is 17.3. The second-order valence-corrected chi connectivity index (χ2v) is 7.99. The van der Waals surface area contributed by atoms with Gasteiger partial charge in [-0.15, -0.1) is 0 Å². The van der Waals surface area contributed by atoms with Crippen molar-refractivity contribution in [1.82, 2.24) is 4.90 Å². The summed E-state index contributed by atoms with van der Waals surface area (Å²) in [7, 11) is 0. The molecule has 0 heterocycles. The summed E-state index contributed by atoms with van der Waals surface area (Å²) < 4.78 is 6.66. The van der Waals surface area contributed by atoms with Gasteiger partial charge in [-0.2, -0.15) is 0 Å². The Labute approximate surface area is 142 Å². The zero-order valence-corrected chi connectivity index (χ0v) is 15.6. The highest BCUT2D eigenvalue weighted by molar-refractivity contribution is 9.10. The van der Waals surface area contributed by atoms with Gasteiger partial charge < -0.3 is 9.64 Å². The third-order valence-corrected chi connectivity index (χ3v) is 4.23. The van der Waals surface area contributed by atoms with Crippen LogP contribution in [0, 0.1) is 5.92 Å². The lowest BCUT2D eigenvalue weighted by Crippen LogP contribution is -2.37. The number of hydrogen-bond acceptors (Lipinski definition) is 2. The van der Waals surface area contributed by atoms with E-state index in [4.69, 9.17) is 4.74 Å². The van der Waals surface area contributed by atoms with Gasteiger partial charge in [0.05, 0.1) is 0 Å². The highest BCUT2D eigenvalue weighted by atomic mass is 79.9. The maximum atomic E-state index is 12.5. The van der Waals surface area contributed by atoms with Gasteiger partial charge in [0.25, 0.3) is 0 Å². The van der Waals surface area contributed by atoms with E-state index in [1.165, 1.54) is 24.0 Å². The summed E-state index contributed by atoms with van der Waals surface area (Å²) in [5.74, 6) is 0.646. The maximum absolute atomic E-state index is 12.5. The lowest BCUT2D eigenvalue weighted by Gasteiger charge is -2.28. The Morgan fingerprint density at radius 3 is 2.55 bits per heavy atom. The van der Waals surface area contributed by atoms with Gasteiger partial charge in [0, 0.05) is 17.6 Å². The molecule has 0 aliphatic heterocycles. The number of nitrogens with zero attached hydrogens (tertiary/aromatic N) is 1. The number of carbonyl (C=O) groups excluding carboxylic acids is 1. The van der Waals surface area contributed by atoms with Crippen molar-refractivity contribution in [3.63, 3.8) is 0 Å². The molecule has 0 spiro atoms. The molecule has 122 valence electrons. The summed E-state index contributed by atoms with van der Waals surface area (Å²) in [6, 6.07) is 6.28. The van der Waals surface area contributed by atoms with Gasteiger partial charge >= 0.3 is 6.09 Å². The van der Waals surface area contributed by atoms with Gasteiger partial charge in [-0.3, -0.25) is 0 Å². The Morgan fingerprint density at radius 1 is 1.32 bits per heavy atom. The molecule has 1 aromatic rings. The van der Waals surface area contributed by atoms with E-state index in [9.17, 15) is 4.79 Å². The predicted octanol–water partition coefficient (Wildman–Crippen LogP) is 5.16. The van der Waals surface area contributed by atoms with Gasteiger partial charge in [0.2, 0.25) is 0 Å². The second-order valence-electron chi connectivity index (χ2n) is 7.07. The molecule has 4 heteroatoms. The van der Waals surface area contributed by atoms with Crippen molar-refractivity contribution < 1.29 is 9.53 Å². The summed E-state index contributed by atoms with van der Waals surface area (Å²) in [6.07, 6.45) is 3.20. The first-order valence-corrected chi connectivity index (χ1v) is 8.83. The second kappa shape index (κ2) is 7.03. The molecule has 1 amide bonds. The molecule has 0 radical (unpaired) electrons. The van der Waals surface area contributed by atoms with Crippen LogP contribution in [0.25, 0.3) is 0 Å². The van der Waals surface area contributed by atoms with E-state index >= 15 is 0 Å². The summed E-state index contributed by atoms with van der Waals surface area (Å²) in [4.78, 5) is 14.4. The molecule has 2 rings (SSSR count). The molecule has 1 aliphatic rings. The fourth-order valence-corrected chi connectivity index (χ4v) is 2.83. The third-order valence-electron chi connectivity index (χ3n) is 3.74. The van der Waals surface area contributed by atoms with Gasteiger partial charge in [-0.05, 0) is 69.2 Å². The standard InChI is InChI=1S/C18H26BrNO2/c1-5-14-10-16(19)9-8-15(14)12-20(11-13-6-7-13)17(21)22-18(2,3)4/h8-10,13H,5-7,11-12H2,1-4H3. The molecule has 1 aliphatic carbocycles. The average molecular weight is 368 g/mol. The van der Waals surface area contributed by atoms with Crippen LogP contribution in [0.2, 0.25) is 0 Å². The van der Waals surface area contributed by atoms with Crippen molar-refractivity contribution in [2.24, 2.45) is 5.92 Å². The maximum Gasteiger partial charge on any atom is 0.410 e. The number of ether oxygens (including phenoxy) is 1. The molecule has 1 saturated carbocycles. The first-order valence-electron chi connectivity index (χ1n) is 8.03. The summed E-state index contributed by atoms with van der Waals surface area (Å²) >= 11 is 3.52. The molecule has 0 unspecified atom stereocenters. The number of aryl methyl sites for hydroxylation is 1. The molecule has 22 heavy (non-hydrogen) atoms. The lowest BCUT2D eigenvalue weighted by atomic mass is 10.0. The van der Waals surface area contributed by atoms with E-state index in [1.807, 2.05) is 31.7 Å². The molecule has 3 nitrogen and oxygen atoms in total. The number of carbonyl (C=O) groups is 1. The van der Waals surface area contributed by atoms with E-state index < -0.39 is 5.60 Å². The number of halogens is 1. The topological polar surface area (TPSA) is 29.5 Å². The van der Waals surface area contributed by atoms with Crippen LogP contribution in [0.1, 0.15) is 51.7 Å². The predicted molar refractivity (Wildman–Crippen MR) is 92.9 cm³/mol. The van der Waals surface area contributed by atoms with Crippen LogP contribution in [0.3, 0.4) is 0 Å². The average Bonchev–Trinajstić information content (AvgIpc) is 3.21. The highest BCUT2D eigenvalue weighted by Gasteiger charge is 2.29. The molecule has 0 bridgehead atoms. The van der Waals surface area contributed by atoms with E-state index in [2.05, 4.69) is 35.0 Å². The number of rotatable bonds is 5. The minimum Gasteiger partial charge on any atom is -0.444 e. The van der Waals surface area contributed by atoms with E-state index in [-0.39, 0.29) is 6.09 Å². The number of hydrogen-bond donors (Lipinski definition) is 0. The summed E-state index contributed by atoms with van der Waals surface area (Å²) in [5.41, 5.74) is 2.03. The Kier molecular flexibility index (Phi) is 5.54. The molecule has 0 N–H and O–H groups in total. The van der Waals surface area contributed by atoms with Crippen LogP contribution >= 0.6 is 15.9 Å². The first-order chi connectivity index (χ1) is 10.3. The molecule has 0 aromatic heterocycles. The van der Waals surface area contributed by atoms with Gasteiger partial charge in [-0.25, -0.2) is 4.79 Å². The molecular weight excluding hydrogens is 342 g/mol. The van der Waals surface area contributed by atoms with E-state index in [0.717, 1.165) is 17.4 Å². The minimum absolute atomic E-state index is 0.204. The fourth-order valence-electron chi connectivity index (χ4n) is 2.43. The van der Waals surface area contributed by atoms with E-state index in [0.29, 0.717) is 12.5 Å². The van der Waals surface area contributed by atoms with E-state index in [1.54, 1.807) is 0 Å². The molecule has 1 aromatic carbocycles. The van der Waals surface area contributed by atoms with Crippen molar-refractivity contribution in [1.29, 1.82) is 0 Å². The largest absolute Gasteiger partial charge is 0.444 e. The smallest absolute Gasteiger partial charge is 0.410 e. The van der Waals surface area contributed by atoms with Crippen LogP contribution < -0.4 is 0 Å². The van der Waals surface area contributed by atoms with Crippen LogP contribution in [0.5, 0.6) is 0 Å². The van der Waals surface area contributed by atoms with Crippen molar-refractivity contribution in [3.8, 4) is 0 Å². The summed E-state index contributed by atoms with van der Waals surface area (Å²) in [5, 5.41) is 0. The number of benzene rings is 1. The zero-order chi connectivity index (χ0) is 16.3. The Balaban J connectivity index is 2.13. The Bertz CT molecular complexity index is 532. The van der Waals surface area contributed by atoms with Crippen LogP contribution in [0.15, 0.2) is 22.7 Å². The highest BCUT2D eigenvalue weighted by Crippen LogP contribution is 2.31. The Morgan fingerprint density at radius 2 is 2.00 bits per heavy atom. The SMILES string of the molecule is CCc1cc(Br)ccc1CN(CC1CC1)C(=O)OC(C)(C)C. The van der Waals surface area contributed by atoms with Gasteiger partial charge in [0.1, 0.15) is 5.60 Å². The van der Waals surface area contributed by atoms with Crippen molar-refractivity contribution >= 4 is 22.0 Å². The van der Waals surface area contributed by atoms with Crippen LogP contribution in [-0.2, 0) is 17.7 Å². The summed E-state index contributed by atoms with van der Waals surface area (Å²) in [6.45, 7) is 9.31. The number of amides is 1. The van der Waals surface area contributed by atoms with Gasteiger partial charge in [0.15, 0.2) is 0 Å². The van der Waals surface area contributed by atoms with Gasteiger partial charge in [-0.1, -0.05) is 28.9 Å². The zero-order valence-electron chi connectivity index (χ0n) is 14.0. The minimum atomic E-state index is -0.452. The lowest BCUT2D eigenvalue weighted by molar-refractivity contribution is 0.0224.